The second kappa shape index (κ2) is 7.08. The number of carbonyl (C=O) groups excluding carboxylic acids is 2. The first-order valence-corrected chi connectivity index (χ1v) is 9.21. The van der Waals surface area contributed by atoms with Crippen LogP contribution in [0, 0.1) is 6.92 Å². The highest BCUT2D eigenvalue weighted by atomic mass is 16.2. The average molecular weight is 365 g/mol. The van der Waals surface area contributed by atoms with Gasteiger partial charge in [-0.2, -0.15) is 0 Å². The summed E-state index contributed by atoms with van der Waals surface area (Å²) >= 11 is 0. The van der Waals surface area contributed by atoms with Gasteiger partial charge in [-0.1, -0.05) is 12.1 Å². The highest BCUT2D eigenvalue weighted by molar-refractivity contribution is 5.97. The number of benzene rings is 1. The molecule has 2 aromatic rings. The highest BCUT2D eigenvalue weighted by Gasteiger charge is 2.45. The third kappa shape index (κ3) is 3.68. The number of hydrogen-bond acceptors (Lipinski definition) is 6. The first-order chi connectivity index (χ1) is 13.0. The van der Waals surface area contributed by atoms with E-state index in [4.69, 9.17) is 0 Å². The minimum atomic E-state index is -0.0447. The lowest BCUT2D eigenvalue weighted by Crippen LogP contribution is -2.69. The van der Waals surface area contributed by atoms with Crippen LogP contribution in [0.2, 0.25) is 0 Å². The number of nitrogens with one attached hydrogen (secondary N) is 1. The first kappa shape index (κ1) is 17.6. The summed E-state index contributed by atoms with van der Waals surface area (Å²) in [5.74, 6) is 1.68. The van der Waals surface area contributed by atoms with Crippen molar-refractivity contribution >= 4 is 23.2 Å². The quantitative estimate of drug-likeness (QED) is 0.816. The van der Waals surface area contributed by atoms with E-state index in [2.05, 4.69) is 25.1 Å². The number of ketones is 1. The summed E-state index contributed by atoms with van der Waals surface area (Å²) in [5.41, 5.74) is 1.26. The largest absolute Gasteiger partial charge is 0.353 e. The molecule has 3 saturated heterocycles. The number of aromatic nitrogens is 2. The maximum absolute atomic E-state index is 12.5. The van der Waals surface area contributed by atoms with E-state index in [0.717, 1.165) is 31.2 Å². The summed E-state index contributed by atoms with van der Waals surface area (Å²) in [5, 5.41) is 2.91. The van der Waals surface area contributed by atoms with E-state index in [1.807, 2.05) is 13.0 Å². The van der Waals surface area contributed by atoms with Crippen LogP contribution in [0.5, 0.6) is 0 Å². The number of rotatable bonds is 5. The van der Waals surface area contributed by atoms with Crippen molar-refractivity contribution in [1.82, 2.24) is 14.9 Å². The molecule has 1 aromatic heterocycles. The van der Waals surface area contributed by atoms with Crippen LogP contribution in [0.25, 0.3) is 0 Å². The minimum Gasteiger partial charge on any atom is -0.353 e. The fourth-order valence-electron chi connectivity index (χ4n) is 3.93. The van der Waals surface area contributed by atoms with Gasteiger partial charge in [0.1, 0.15) is 11.6 Å². The van der Waals surface area contributed by atoms with Crippen LogP contribution >= 0.6 is 0 Å². The standard InChI is InChI=1S/C20H23N5O2/c1-13(26)15-4-3-5-16(8-15)23-20(27)12-25-17-9-18(25)11-24(10-17)19-6-7-21-14(2)22-19/h3-8,17-18H,9-12H2,1-2H3,(H,23,27). The smallest absolute Gasteiger partial charge is 0.238 e. The third-order valence-electron chi connectivity index (χ3n) is 5.31. The molecule has 3 aliphatic rings. The number of nitrogens with zero attached hydrogens (tertiary/aromatic N) is 4. The zero-order chi connectivity index (χ0) is 19.0. The van der Waals surface area contributed by atoms with Crippen LogP contribution in [0.4, 0.5) is 11.5 Å². The Balaban J connectivity index is 1.34. The van der Waals surface area contributed by atoms with Crippen molar-refractivity contribution in [2.45, 2.75) is 32.4 Å². The summed E-state index contributed by atoms with van der Waals surface area (Å²) in [7, 11) is 0. The Bertz CT molecular complexity index is 872. The molecule has 1 N–H and O–H groups in total. The molecule has 1 amide bonds. The Morgan fingerprint density at radius 2 is 2.00 bits per heavy atom. The van der Waals surface area contributed by atoms with Crippen molar-refractivity contribution in [3.05, 3.63) is 47.9 Å². The number of aryl methyl sites for hydroxylation is 1. The van der Waals surface area contributed by atoms with Crippen molar-refractivity contribution in [2.75, 3.05) is 29.9 Å². The molecule has 5 rings (SSSR count). The minimum absolute atomic E-state index is 0.0107. The maximum Gasteiger partial charge on any atom is 0.238 e. The van der Waals surface area contributed by atoms with Gasteiger partial charge in [-0.3, -0.25) is 14.5 Å². The van der Waals surface area contributed by atoms with Gasteiger partial charge in [0.2, 0.25) is 5.91 Å². The molecule has 7 nitrogen and oxygen atoms in total. The van der Waals surface area contributed by atoms with Crippen molar-refractivity contribution in [1.29, 1.82) is 0 Å². The summed E-state index contributed by atoms with van der Waals surface area (Å²) in [6.07, 6.45) is 2.91. The number of amides is 1. The van der Waals surface area contributed by atoms with Gasteiger partial charge in [-0.25, -0.2) is 9.97 Å². The Kier molecular flexibility index (Phi) is 4.61. The van der Waals surface area contributed by atoms with Crippen LogP contribution in [0.1, 0.15) is 29.5 Å². The molecule has 2 unspecified atom stereocenters. The van der Waals surface area contributed by atoms with Gasteiger partial charge in [-0.05, 0) is 38.5 Å². The third-order valence-corrected chi connectivity index (χ3v) is 5.31. The number of carbonyl (C=O) groups is 2. The van der Waals surface area contributed by atoms with E-state index in [-0.39, 0.29) is 11.7 Å². The summed E-state index contributed by atoms with van der Waals surface area (Å²) < 4.78 is 0. The number of piperidine rings is 1. The molecule has 27 heavy (non-hydrogen) atoms. The van der Waals surface area contributed by atoms with E-state index >= 15 is 0 Å². The number of Topliss-reactive ketones (excluding diaryl/α,β-unsaturated/α-hetero) is 1. The van der Waals surface area contributed by atoms with Crippen molar-refractivity contribution in [3.63, 3.8) is 0 Å². The predicted molar refractivity (Wildman–Crippen MR) is 103 cm³/mol. The maximum atomic E-state index is 12.5. The second-order valence-corrected chi connectivity index (χ2v) is 7.27. The average Bonchev–Trinajstić information content (AvgIpc) is 2.66. The highest BCUT2D eigenvalue weighted by Crippen LogP contribution is 2.33. The molecule has 0 saturated carbocycles. The molecule has 4 heterocycles. The molecular formula is C20H23N5O2. The van der Waals surface area contributed by atoms with Crippen LogP contribution in [0.3, 0.4) is 0 Å². The Hall–Kier alpha value is -2.80. The van der Waals surface area contributed by atoms with Crippen molar-refractivity contribution in [3.8, 4) is 0 Å². The molecule has 140 valence electrons. The number of anilines is 2. The van der Waals surface area contributed by atoms with Gasteiger partial charge in [-0.15, -0.1) is 0 Å². The lowest BCUT2D eigenvalue weighted by atomic mass is 9.87. The van der Waals surface area contributed by atoms with Gasteiger partial charge in [0, 0.05) is 42.6 Å². The number of piperazine rings is 1. The van der Waals surface area contributed by atoms with Gasteiger partial charge in [0.15, 0.2) is 5.78 Å². The van der Waals surface area contributed by atoms with Crippen LogP contribution in [-0.4, -0.2) is 58.3 Å². The van der Waals surface area contributed by atoms with E-state index in [0.29, 0.717) is 29.9 Å². The summed E-state index contributed by atoms with van der Waals surface area (Å²) in [4.78, 5) is 37.1. The fraction of sp³-hybridized carbons (Fsp3) is 0.400. The molecule has 3 aliphatic heterocycles. The van der Waals surface area contributed by atoms with Gasteiger partial charge < -0.3 is 10.2 Å². The van der Waals surface area contributed by atoms with Gasteiger partial charge in [0.25, 0.3) is 0 Å². The van der Waals surface area contributed by atoms with Gasteiger partial charge in [0.05, 0.1) is 6.54 Å². The summed E-state index contributed by atoms with van der Waals surface area (Å²) in [6, 6.07) is 9.74. The number of hydrogen-bond donors (Lipinski definition) is 1. The normalized spacial score (nSPS) is 21.5. The van der Waals surface area contributed by atoms with Crippen LogP contribution in [-0.2, 0) is 4.79 Å². The molecule has 2 bridgehead atoms. The van der Waals surface area contributed by atoms with E-state index in [1.54, 1.807) is 30.5 Å². The first-order valence-electron chi connectivity index (χ1n) is 9.21. The molecule has 7 heteroatoms. The zero-order valence-corrected chi connectivity index (χ0v) is 15.6. The lowest BCUT2D eigenvalue weighted by Gasteiger charge is -2.56. The fourth-order valence-corrected chi connectivity index (χ4v) is 3.93. The summed E-state index contributed by atoms with van der Waals surface area (Å²) in [6.45, 7) is 5.54. The molecule has 0 spiro atoms. The zero-order valence-electron chi connectivity index (χ0n) is 15.6. The molecule has 0 aliphatic carbocycles. The second-order valence-electron chi connectivity index (χ2n) is 7.27. The Morgan fingerprint density at radius 3 is 2.70 bits per heavy atom. The molecule has 2 atom stereocenters. The monoisotopic (exact) mass is 365 g/mol. The van der Waals surface area contributed by atoms with E-state index < -0.39 is 0 Å². The topological polar surface area (TPSA) is 78.4 Å². The molecular weight excluding hydrogens is 342 g/mol. The van der Waals surface area contributed by atoms with Crippen molar-refractivity contribution < 1.29 is 9.59 Å². The molecule has 1 aromatic carbocycles. The van der Waals surface area contributed by atoms with Crippen molar-refractivity contribution in [2.24, 2.45) is 0 Å². The van der Waals surface area contributed by atoms with Crippen LogP contribution in [0.15, 0.2) is 36.5 Å². The van der Waals surface area contributed by atoms with E-state index in [9.17, 15) is 9.59 Å². The predicted octanol–water partition coefficient (Wildman–Crippen LogP) is 1.89. The lowest BCUT2D eigenvalue weighted by molar-refractivity contribution is -0.121. The Morgan fingerprint density at radius 1 is 1.22 bits per heavy atom. The van der Waals surface area contributed by atoms with Crippen LogP contribution < -0.4 is 10.2 Å². The number of fused-ring (bicyclic) bond motifs is 2. The SMILES string of the molecule is CC(=O)c1cccc(NC(=O)CN2C3CC2CN(c2ccnc(C)n2)C3)c1. The molecule has 3 fully saturated rings. The molecule has 0 radical (unpaired) electrons. The van der Waals surface area contributed by atoms with E-state index in [1.165, 1.54) is 6.92 Å². The Labute approximate surface area is 158 Å². The van der Waals surface area contributed by atoms with Gasteiger partial charge >= 0.3 is 0 Å².